The van der Waals surface area contributed by atoms with Crippen LogP contribution in [0.5, 0.6) is 0 Å². The smallest absolute Gasteiger partial charge is 0.315 e. The summed E-state index contributed by atoms with van der Waals surface area (Å²) in [6.07, 6.45) is 9.01. The van der Waals surface area contributed by atoms with Crippen molar-refractivity contribution in [2.75, 3.05) is 19.6 Å². The molecule has 3 saturated carbocycles. The number of nitrogens with one attached hydrogen (secondary N) is 4. The van der Waals surface area contributed by atoms with Gasteiger partial charge in [-0.15, -0.1) is 6.58 Å². The summed E-state index contributed by atoms with van der Waals surface area (Å²) < 4.78 is 0. The summed E-state index contributed by atoms with van der Waals surface area (Å²) in [6.45, 7) is 16.0. The topological polar surface area (TPSA) is 174 Å². The number of urea groups is 1. The fraction of sp³-hybridized carbons (Fsp3) is 0.769. The molecule has 0 spiro atoms. The molecule has 7 amide bonds. The van der Waals surface area contributed by atoms with Gasteiger partial charge in [-0.2, -0.15) is 0 Å². The highest BCUT2D eigenvalue weighted by atomic mass is 16.2. The summed E-state index contributed by atoms with van der Waals surface area (Å²) in [5.41, 5.74) is -1.31. The van der Waals surface area contributed by atoms with Crippen molar-refractivity contribution in [2.45, 2.75) is 136 Å². The van der Waals surface area contributed by atoms with Crippen LogP contribution in [-0.2, 0) is 28.8 Å². The molecule has 4 N–H and O–H groups in total. The number of piperidine rings is 2. The van der Waals surface area contributed by atoms with E-state index in [0.717, 1.165) is 32.1 Å². The molecule has 6 atom stereocenters. The van der Waals surface area contributed by atoms with Crippen molar-refractivity contribution in [1.82, 2.24) is 31.1 Å². The normalized spacial score (nSPS) is 26.7. The van der Waals surface area contributed by atoms with Gasteiger partial charge in [-0.3, -0.25) is 33.7 Å². The van der Waals surface area contributed by atoms with Crippen molar-refractivity contribution in [3.05, 3.63) is 12.7 Å². The van der Waals surface area contributed by atoms with E-state index in [-0.39, 0.29) is 66.8 Å². The molecule has 13 heteroatoms. The van der Waals surface area contributed by atoms with E-state index in [1.165, 1.54) is 11.0 Å². The van der Waals surface area contributed by atoms with Crippen molar-refractivity contribution in [1.29, 1.82) is 0 Å². The summed E-state index contributed by atoms with van der Waals surface area (Å²) in [5.74, 6) is -2.63. The number of amides is 7. The Hall–Kier alpha value is -3.77. The first kappa shape index (κ1) is 39.4. The number of carbonyl (C=O) groups is 7. The van der Waals surface area contributed by atoms with Gasteiger partial charge in [-0.1, -0.05) is 79.7 Å². The third-order valence-corrected chi connectivity index (χ3v) is 12.6. The van der Waals surface area contributed by atoms with E-state index in [9.17, 15) is 33.6 Å². The van der Waals surface area contributed by atoms with Gasteiger partial charge in [0.1, 0.15) is 12.1 Å². The van der Waals surface area contributed by atoms with Gasteiger partial charge in [0, 0.05) is 32.5 Å². The zero-order valence-corrected chi connectivity index (χ0v) is 32.0. The first-order chi connectivity index (χ1) is 24.4. The van der Waals surface area contributed by atoms with Crippen LogP contribution in [0.2, 0.25) is 0 Å². The molecule has 2 saturated heterocycles. The first-order valence-corrected chi connectivity index (χ1v) is 19.3. The minimum absolute atomic E-state index is 0.0314. The Morgan fingerprint density at radius 3 is 2.13 bits per heavy atom. The van der Waals surface area contributed by atoms with Crippen molar-refractivity contribution in [3.63, 3.8) is 0 Å². The first-order valence-electron chi connectivity index (χ1n) is 19.3. The molecule has 0 aromatic rings. The van der Waals surface area contributed by atoms with E-state index in [1.807, 2.05) is 27.7 Å². The summed E-state index contributed by atoms with van der Waals surface area (Å²) in [5, 5.41) is 11.5. The zero-order valence-electron chi connectivity index (χ0n) is 32.0. The molecule has 5 rings (SSSR count). The number of ketones is 1. The highest BCUT2D eigenvalue weighted by molar-refractivity contribution is 6.38. The predicted octanol–water partition coefficient (Wildman–Crippen LogP) is 3.22. The number of likely N-dealkylation sites (tertiary alicyclic amines) is 2. The molecular formula is C39H60N6O7. The quantitative estimate of drug-likeness (QED) is 0.121. The summed E-state index contributed by atoms with van der Waals surface area (Å²) in [7, 11) is 0. The molecule has 0 aromatic carbocycles. The van der Waals surface area contributed by atoms with E-state index in [2.05, 4.69) is 41.7 Å². The third kappa shape index (κ3) is 8.54. The number of carbonyl (C=O) groups excluding carboxylic acids is 7. The lowest BCUT2D eigenvalue weighted by atomic mass is 9.70. The lowest BCUT2D eigenvalue weighted by molar-refractivity contribution is -0.148. The van der Waals surface area contributed by atoms with Crippen LogP contribution >= 0.6 is 0 Å². The second-order valence-corrected chi connectivity index (χ2v) is 17.9. The fourth-order valence-corrected chi connectivity index (χ4v) is 8.80. The number of hydrogen-bond acceptors (Lipinski definition) is 7. The molecule has 5 fully saturated rings. The van der Waals surface area contributed by atoms with Gasteiger partial charge < -0.3 is 26.2 Å². The van der Waals surface area contributed by atoms with E-state index in [0.29, 0.717) is 32.2 Å². The number of Topliss-reactive ketones (excluding diaryl/α,β-unsaturated/α-hetero) is 1. The van der Waals surface area contributed by atoms with Gasteiger partial charge in [0.25, 0.3) is 5.91 Å². The molecule has 3 aliphatic carbocycles. The van der Waals surface area contributed by atoms with Crippen molar-refractivity contribution >= 4 is 41.4 Å². The van der Waals surface area contributed by atoms with E-state index in [4.69, 9.17) is 0 Å². The molecular weight excluding hydrogens is 664 g/mol. The van der Waals surface area contributed by atoms with Crippen LogP contribution in [0, 0.1) is 34.0 Å². The lowest BCUT2D eigenvalue weighted by Crippen LogP contribution is -2.64. The SMILES string of the molecule is C=CCNC(=O)C(=O)C(CC1CC1)NC(=O)[C@@H]1[C@@H]2[C@H](CN1C(=O)[C@@H](NC(=O)N[C@H](CN1C(=O)CCCC1=O)C(C)(C)C)C1(C)CCCCC1)C2(C)C. The van der Waals surface area contributed by atoms with Crippen LogP contribution in [0.15, 0.2) is 12.7 Å². The Morgan fingerprint density at radius 2 is 1.56 bits per heavy atom. The lowest BCUT2D eigenvalue weighted by Gasteiger charge is -2.43. The summed E-state index contributed by atoms with van der Waals surface area (Å²) in [6, 6.07) is -3.98. The van der Waals surface area contributed by atoms with Gasteiger partial charge in [-0.25, -0.2) is 4.79 Å². The predicted molar refractivity (Wildman–Crippen MR) is 194 cm³/mol. The number of fused-ring (bicyclic) bond motifs is 1. The van der Waals surface area contributed by atoms with Crippen LogP contribution in [0.25, 0.3) is 0 Å². The van der Waals surface area contributed by atoms with Gasteiger partial charge in [-0.05, 0) is 59.7 Å². The second kappa shape index (κ2) is 15.3. The van der Waals surface area contributed by atoms with Crippen molar-refractivity contribution in [3.8, 4) is 0 Å². The molecule has 1 unspecified atom stereocenters. The number of hydrogen-bond donors (Lipinski definition) is 4. The van der Waals surface area contributed by atoms with Crippen LogP contribution in [0.3, 0.4) is 0 Å². The maximum Gasteiger partial charge on any atom is 0.315 e. The number of imide groups is 1. The highest BCUT2D eigenvalue weighted by Crippen LogP contribution is 2.65. The van der Waals surface area contributed by atoms with Gasteiger partial charge >= 0.3 is 6.03 Å². The Balaban J connectivity index is 1.37. The Bertz CT molecular complexity index is 1440. The van der Waals surface area contributed by atoms with Crippen molar-refractivity contribution in [2.24, 2.45) is 34.0 Å². The number of nitrogens with zero attached hydrogens (tertiary/aromatic N) is 2. The molecule has 13 nitrogen and oxygen atoms in total. The summed E-state index contributed by atoms with van der Waals surface area (Å²) in [4.78, 5) is 97.2. The monoisotopic (exact) mass is 724 g/mol. The van der Waals surface area contributed by atoms with Gasteiger partial charge in [0.05, 0.1) is 12.1 Å². The minimum atomic E-state index is -1.01. The van der Waals surface area contributed by atoms with Gasteiger partial charge in [0.15, 0.2) is 0 Å². The van der Waals surface area contributed by atoms with E-state index >= 15 is 0 Å². The maximum absolute atomic E-state index is 14.9. The second-order valence-electron chi connectivity index (χ2n) is 17.9. The van der Waals surface area contributed by atoms with Crippen LogP contribution < -0.4 is 21.3 Å². The molecule has 0 aromatic heterocycles. The third-order valence-electron chi connectivity index (χ3n) is 12.6. The van der Waals surface area contributed by atoms with Crippen molar-refractivity contribution < 1.29 is 33.6 Å². The molecule has 5 aliphatic rings. The summed E-state index contributed by atoms with van der Waals surface area (Å²) >= 11 is 0. The van der Waals surface area contributed by atoms with Crippen LogP contribution in [-0.4, -0.2) is 95.0 Å². The molecule has 0 radical (unpaired) electrons. The average Bonchev–Trinajstić information content (AvgIpc) is 3.93. The minimum Gasteiger partial charge on any atom is -0.346 e. The largest absolute Gasteiger partial charge is 0.346 e. The average molecular weight is 725 g/mol. The Labute approximate surface area is 308 Å². The molecule has 0 bridgehead atoms. The molecule has 52 heavy (non-hydrogen) atoms. The van der Waals surface area contributed by atoms with Crippen LogP contribution in [0.4, 0.5) is 4.79 Å². The van der Waals surface area contributed by atoms with Gasteiger partial charge in [0.2, 0.25) is 29.4 Å². The van der Waals surface area contributed by atoms with Crippen LogP contribution in [0.1, 0.15) is 112 Å². The zero-order chi connectivity index (χ0) is 38.2. The Morgan fingerprint density at radius 1 is 0.923 bits per heavy atom. The number of rotatable bonds is 14. The van der Waals surface area contributed by atoms with E-state index < -0.39 is 58.6 Å². The highest BCUT2D eigenvalue weighted by Gasteiger charge is 2.70. The molecule has 288 valence electrons. The fourth-order valence-electron chi connectivity index (χ4n) is 8.80. The van der Waals surface area contributed by atoms with E-state index in [1.54, 1.807) is 4.90 Å². The maximum atomic E-state index is 14.9. The molecule has 2 aliphatic heterocycles. The molecule has 2 heterocycles. The standard InChI is InChI=1S/C39H60N6O7/c1-8-19-40-34(50)31(48)25(20-23-15-16-23)41-33(49)30-29-24(38(29,5)6)21-45(30)35(51)32(39(7)17-10-9-11-18-39)43-36(52)42-26(37(2,3)4)22-44-27(46)13-12-14-28(44)47/h8,23-26,29-30,32H,1,9-22H2,2-7H3,(H,40,50)(H,41,49)(H2,42,43,52)/t24-,25?,26+,29-,30-,32+/m0/s1. The Kier molecular flexibility index (Phi) is 11.6.